The van der Waals surface area contributed by atoms with Gasteiger partial charge in [0.2, 0.25) is 0 Å². The van der Waals surface area contributed by atoms with Crippen LogP contribution in [-0.4, -0.2) is 17.6 Å². The van der Waals surface area contributed by atoms with Gasteiger partial charge in [-0.2, -0.15) is 0 Å². The van der Waals surface area contributed by atoms with Crippen molar-refractivity contribution < 1.29 is 14.6 Å². The average Bonchev–Trinajstić information content (AvgIpc) is 2.30. The summed E-state index contributed by atoms with van der Waals surface area (Å²) in [6.45, 7) is 6.32. The summed E-state index contributed by atoms with van der Waals surface area (Å²) in [6, 6.07) is 3.45. The minimum Gasteiger partial charge on any atom is -0.506 e. The van der Waals surface area contributed by atoms with Crippen LogP contribution in [0.4, 0.5) is 5.69 Å². The van der Waals surface area contributed by atoms with E-state index in [2.05, 4.69) is 26.1 Å². The number of hydrogen-bond donors (Lipinski definition) is 2. The summed E-state index contributed by atoms with van der Waals surface area (Å²) in [5.74, 6) is 0.402. The molecule has 0 spiro atoms. The number of rotatable bonds is 2. The minimum absolute atomic E-state index is 0.00322. The van der Waals surface area contributed by atoms with Crippen LogP contribution in [0.15, 0.2) is 12.1 Å². The van der Waals surface area contributed by atoms with Crippen molar-refractivity contribution in [1.82, 2.24) is 0 Å². The van der Waals surface area contributed by atoms with Crippen molar-refractivity contribution >= 4 is 11.6 Å². The molecule has 1 amide bonds. The second-order valence-corrected chi connectivity index (χ2v) is 4.91. The molecule has 0 bridgehead atoms. The van der Waals surface area contributed by atoms with E-state index in [0.717, 1.165) is 12.0 Å². The van der Waals surface area contributed by atoms with E-state index in [1.807, 2.05) is 6.07 Å². The molecule has 1 aliphatic heterocycles. The molecule has 1 aromatic rings. The van der Waals surface area contributed by atoms with E-state index < -0.39 is 0 Å². The Morgan fingerprint density at radius 3 is 2.82 bits per heavy atom. The van der Waals surface area contributed by atoms with Gasteiger partial charge in [-0.05, 0) is 17.9 Å². The number of phenols is 1. The summed E-state index contributed by atoms with van der Waals surface area (Å²) >= 11 is 0. The molecule has 0 saturated carbocycles. The molecule has 2 rings (SSSR count). The summed E-state index contributed by atoms with van der Waals surface area (Å²) < 4.78 is 5.46. The summed E-state index contributed by atoms with van der Waals surface area (Å²) in [7, 11) is 0. The molecule has 1 aromatic carbocycles. The van der Waals surface area contributed by atoms with Crippen LogP contribution in [0.25, 0.3) is 0 Å². The fourth-order valence-electron chi connectivity index (χ4n) is 1.88. The fourth-order valence-corrected chi connectivity index (χ4v) is 1.88. The van der Waals surface area contributed by atoms with Crippen molar-refractivity contribution in [3.05, 3.63) is 17.7 Å². The molecule has 0 radical (unpaired) electrons. The number of fused-ring (bicyclic) bond motifs is 1. The Hall–Kier alpha value is -1.71. The van der Waals surface area contributed by atoms with Gasteiger partial charge in [0.1, 0.15) is 11.4 Å². The lowest BCUT2D eigenvalue weighted by molar-refractivity contribution is -0.118. The van der Waals surface area contributed by atoms with Gasteiger partial charge in [0.15, 0.2) is 12.4 Å². The first kappa shape index (κ1) is 11.8. The predicted octanol–water partition coefficient (Wildman–Crippen LogP) is 2.41. The molecule has 0 saturated heterocycles. The first-order valence-corrected chi connectivity index (χ1v) is 5.75. The number of carbonyl (C=O) groups is 1. The summed E-state index contributed by atoms with van der Waals surface area (Å²) in [6.07, 6.45) is 0.946. The average molecular weight is 235 g/mol. The summed E-state index contributed by atoms with van der Waals surface area (Å²) in [4.78, 5) is 11.3. The Morgan fingerprint density at radius 1 is 1.47 bits per heavy atom. The molecule has 0 aromatic heterocycles. The number of amides is 1. The highest BCUT2D eigenvalue weighted by Gasteiger charge is 2.29. The molecule has 1 heterocycles. The molecule has 92 valence electrons. The van der Waals surface area contributed by atoms with E-state index >= 15 is 0 Å². The smallest absolute Gasteiger partial charge is 0.262 e. The molecule has 0 unspecified atom stereocenters. The molecule has 4 nitrogen and oxygen atoms in total. The Morgan fingerprint density at radius 2 is 2.18 bits per heavy atom. The summed E-state index contributed by atoms with van der Waals surface area (Å²) in [5, 5.41) is 12.4. The van der Waals surface area contributed by atoms with Crippen LogP contribution in [0.2, 0.25) is 0 Å². The van der Waals surface area contributed by atoms with Crippen molar-refractivity contribution in [2.45, 2.75) is 32.6 Å². The lowest BCUT2D eigenvalue weighted by atomic mass is 9.81. The topological polar surface area (TPSA) is 58.6 Å². The van der Waals surface area contributed by atoms with Crippen molar-refractivity contribution in [1.29, 1.82) is 0 Å². The molecule has 4 heteroatoms. The zero-order valence-corrected chi connectivity index (χ0v) is 10.3. The highest BCUT2D eigenvalue weighted by atomic mass is 16.5. The van der Waals surface area contributed by atoms with Gasteiger partial charge in [-0.3, -0.25) is 4.79 Å². The lowest BCUT2D eigenvalue weighted by Crippen LogP contribution is -2.28. The Bertz CT molecular complexity index is 466. The Balaban J connectivity index is 2.57. The second-order valence-electron chi connectivity index (χ2n) is 4.91. The van der Waals surface area contributed by atoms with Crippen LogP contribution in [0.1, 0.15) is 32.8 Å². The lowest BCUT2D eigenvalue weighted by Gasteiger charge is -2.29. The van der Waals surface area contributed by atoms with Crippen LogP contribution in [0.3, 0.4) is 0 Å². The third-order valence-electron chi connectivity index (χ3n) is 3.36. The van der Waals surface area contributed by atoms with Gasteiger partial charge < -0.3 is 15.2 Å². The minimum atomic E-state index is -0.237. The van der Waals surface area contributed by atoms with Crippen molar-refractivity contribution in [3.63, 3.8) is 0 Å². The first-order valence-electron chi connectivity index (χ1n) is 5.75. The highest BCUT2D eigenvalue weighted by molar-refractivity contribution is 5.97. The number of carbonyl (C=O) groups excluding carboxylic acids is 1. The van der Waals surface area contributed by atoms with E-state index in [1.165, 1.54) is 0 Å². The predicted molar refractivity (Wildman–Crippen MR) is 65.5 cm³/mol. The zero-order valence-electron chi connectivity index (χ0n) is 10.3. The number of benzene rings is 1. The standard InChI is InChI=1S/C13H17NO3/c1-4-13(2,3)8-5-6-9(15)11-12(8)17-7-10(16)14-11/h5-6,15H,4,7H2,1-3H3,(H,14,16). The van der Waals surface area contributed by atoms with Gasteiger partial charge in [0.25, 0.3) is 5.91 Å². The number of aromatic hydroxyl groups is 1. The van der Waals surface area contributed by atoms with E-state index in [0.29, 0.717) is 11.4 Å². The molecule has 1 aliphatic rings. The third kappa shape index (κ3) is 1.95. The number of ether oxygens (including phenoxy) is 1. The maximum Gasteiger partial charge on any atom is 0.262 e. The van der Waals surface area contributed by atoms with Crippen LogP contribution in [-0.2, 0) is 10.2 Å². The third-order valence-corrected chi connectivity index (χ3v) is 3.36. The van der Waals surface area contributed by atoms with Crippen LogP contribution < -0.4 is 10.1 Å². The molecule has 17 heavy (non-hydrogen) atoms. The molecule has 0 aliphatic carbocycles. The largest absolute Gasteiger partial charge is 0.506 e. The van der Waals surface area contributed by atoms with Gasteiger partial charge in [-0.15, -0.1) is 0 Å². The van der Waals surface area contributed by atoms with E-state index in [4.69, 9.17) is 4.74 Å². The molecular formula is C13H17NO3. The van der Waals surface area contributed by atoms with Gasteiger partial charge >= 0.3 is 0 Å². The molecule has 0 fully saturated rings. The second kappa shape index (κ2) is 3.95. The number of hydrogen-bond acceptors (Lipinski definition) is 3. The van der Waals surface area contributed by atoms with Gasteiger partial charge in [-0.1, -0.05) is 26.8 Å². The van der Waals surface area contributed by atoms with Gasteiger partial charge in [-0.25, -0.2) is 0 Å². The first-order chi connectivity index (χ1) is 7.95. The zero-order chi connectivity index (χ0) is 12.6. The van der Waals surface area contributed by atoms with Crippen molar-refractivity contribution in [2.24, 2.45) is 0 Å². The number of phenolic OH excluding ortho intramolecular Hbond substituents is 1. The van der Waals surface area contributed by atoms with E-state index in [1.54, 1.807) is 6.07 Å². The maximum absolute atomic E-state index is 11.3. The van der Waals surface area contributed by atoms with Crippen molar-refractivity contribution in [2.75, 3.05) is 11.9 Å². The van der Waals surface area contributed by atoms with E-state index in [9.17, 15) is 9.90 Å². The monoisotopic (exact) mass is 235 g/mol. The maximum atomic E-state index is 11.3. The molecule has 0 atom stereocenters. The highest BCUT2D eigenvalue weighted by Crippen LogP contribution is 2.44. The Labute approximate surface area is 101 Å². The fraction of sp³-hybridized carbons (Fsp3) is 0.462. The molecule has 2 N–H and O–H groups in total. The van der Waals surface area contributed by atoms with Crippen LogP contribution in [0, 0.1) is 0 Å². The van der Waals surface area contributed by atoms with Crippen molar-refractivity contribution in [3.8, 4) is 11.5 Å². The van der Waals surface area contributed by atoms with Gasteiger partial charge in [0, 0.05) is 5.56 Å². The van der Waals surface area contributed by atoms with Gasteiger partial charge in [0.05, 0.1) is 0 Å². The quantitative estimate of drug-likeness (QED) is 0.774. The normalized spacial score (nSPS) is 14.9. The number of nitrogens with one attached hydrogen (secondary N) is 1. The van der Waals surface area contributed by atoms with Crippen LogP contribution >= 0.6 is 0 Å². The summed E-state index contributed by atoms with van der Waals surface area (Å²) in [5.41, 5.74) is 1.34. The number of anilines is 1. The van der Waals surface area contributed by atoms with E-state index in [-0.39, 0.29) is 23.7 Å². The molecular weight excluding hydrogens is 218 g/mol. The SMILES string of the molecule is CCC(C)(C)c1ccc(O)c2c1OCC(=O)N2. The van der Waals surface area contributed by atoms with Crippen LogP contribution in [0.5, 0.6) is 11.5 Å². The Kier molecular flexibility index (Phi) is 2.73.